The summed E-state index contributed by atoms with van der Waals surface area (Å²) in [5, 5.41) is 1.24. The Morgan fingerprint density at radius 3 is 2.77 bits per heavy atom. The zero-order valence-electron chi connectivity index (χ0n) is 7.83. The van der Waals surface area contributed by atoms with Gasteiger partial charge in [-0.25, -0.2) is 0 Å². The van der Waals surface area contributed by atoms with E-state index in [-0.39, 0.29) is 0 Å². The summed E-state index contributed by atoms with van der Waals surface area (Å²) in [7, 11) is 1.81. The van der Waals surface area contributed by atoms with Crippen molar-refractivity contribution in [2.45, 2.75) is 6.92 Å². The van der Waals surface area contributed by atoms with Crippen LogP contribution in [0.4, 0.5) is 0 Å². The quantitative estimate of drug-likeness (QED) is 0.640. The van der Waals surface area contributed by atoms with Crippen molar-refractivity contribution < 1.29 is 0 Å². The molecule has 0 saturated heterocycles. The summed E-state index contributed by atoms with van der Waals surface area (Å²) in [5.74, 6) is 0. The Balaban J connectivity index is 2.62. The number of H-pyrrole nitrogens is 1. The van der Waals surface area contributed by atoms with Crippen LogP contribution in [0.3, 0.4) is 0 Å². The second kappa shape index (κ2) is 3.05. The number of rotatable bonds is 1. The van der Waals surface area contributed by atoms with E-state index >= 15 is 0 Å². The minimum atomic E-state index is 1.04. The van der Waals surface area contributed by atoms with Gasteiger partial charge in [0.25, 0.3) is 0 Å². The molecule has 1 heterocycles. The number of hydrogen-bond acceptors (Lipinski definition) is 1. The summed E-state index contributed by atoms with van der Waals surface area (Å²) in [6.07, 6.45) is 0. The molecule has 0 aliphatic rings. The fourth-order valence-electron chi connectivity index (χ4n) is 1.39. The molecule has 66 valence electrons. The van der Waals surface area contributed by atoms with Crippen molar-refractivity contribution in [3.05, 3.63) is 36.0 Å². The van der Waals surface area contributed by atoms with E-state index < -0.39 is 0 Å². The number of nitrogens with zero attached hydrogens (tertiary/aromatic N) is 1. The summed E-state index contributed by atoms with van der Waals surface area (Å²) in [5.41, 5.74) is 3.31. The van der Waals surface area contributed by atoms with Crippen LogP contribution in [0.25, 0.3) is 10.9 Å². The van der Waals surface area contributed by atoms with Crippen LogP contribution in [-0.4, -0.2) is 17.7 Å². The number of aromatic amines is 1. The molecule has 13 heavy (non-hydrogen) atoms. The van der Waals surface area contributed by atoms with Crippen LogP contribution < -0.4 is 0 Å². The lowest BCUT2D eigenvalue weighted by Crippen LogP contribution is -1.92. The standard InChI is InChI=1S/C11H12N2/c1-8(12-2)11-7-9-5-3-4-6-10(9)13-11/h3-7,13H,1-2H3/b12-8+. The van der Waals surface area contributed by atoms with E-state index in [0.29, 0.717) is 0 Å². The number of aliphatic imine (C=N–C) groups is 1. The van der Waals surface area contributed by atoms with E-state index in [0.717, 1.165) is 11.4 Å². The van der Waals surface area contributed by atoms with Crippen LogP contribution in [0.2, 0.25) is 0 Å². The molecule has 1 aromatic carbocycles. The monoisotopic (exact) mass is 172 g/mol. The third kappa shape index (κ3) is 1.35. The van der Waals surface area contributed by atoms with Gasteiger partial charge in [-0.1, -0.05) is 18.2 Å². The highest BCUT2D eigenvalue weighted by Gasteiger charge is 2.00. The molecule has 2 aromatic rings. The van der Waals surface area contributed by atoms with Gasteiger partial charge in [-0.05, 0) is 19.1 Å². The molecule has 0 aliphatic heterocycles. The van der Waals surface area contributed by atoms with Gasteiger partial charge in [0.1, 0.15) is 0 Å². The predicted molar refractivity (Wildman–Crippen MR) is 56.4 cm³/mol. The number of hydrogen-bond donors (Lipinski definition) is 1. The summed E-state index contributed by atoms with van der Waals surface area (Å²) in [4.78, 5) is 7.45. The third-order valence-electron chi connectivity index (χ3n) is 2.26. The highest BCUT2D eigenvalue weighted by atomic mass is 14.8. The Hall–Kier alpha value is -1.57. The summed E-state index contributed by atoms with van der Waals surface area (Å²) < 4.78 is 0. The average molecular weight is 172 g/mol. The lowest BCUT2D eigenvalue weighted by molar-refractivity contribution is 1.35. The maximum Gasteiger partial charge on any atom is 0.0602 e. The van der Waals surface area contributed by atoms with Crippen LogP contribution >= 0.6 is 0 Å². The Labute approximate surface area is 77.3 Å². The first-order chi connectivity index (χ1) is 6.31. The van der Waals surface area contributed by atoms with Gasteiger partial charge in [0.15, 0.2) is 0 Å². The van der Waals surface area contributed by atoms with Crippen molar-refractivity contribution in [2.24, 2.45) is 4.99 Å². The van der Waals surface area contributed by atoms with Crippen LogP contribution in [-0.2, 0) is 0 Å². The number of nitrogens with one attached hydrogen (secondary N) is 1. The van der Waals surface area contributed by atoms with Crippen LogP contribution in [0.15, 0.2) is 35.3 Å². The zero-order chi connectivity index (χ0) is 9.26. The summed E-state index contributed by atoms with van der Waals surface area (Å²) in [6, 6.07) is 10.4. The smallest absolute Gasteiger partial charge is 0.0602 e. The van der Waals surface area contributed by atoms with E-state index in [9.17, 15) is 0 Å². The van der Waals surface area contributed by atoms with Gasteiger partial charge in [0, 0.05) is 18.0 Å². The molecule has 0 bridgehead atoms. The topological polar surface area (TPSA) is 28.1 Å². The van der Waals surface area contributed by atoms with Gasteiger partial charge in [0.2, 0.25) is 0 Å². The van der Waals surface area contributed by atoms with Crippen molar-refractivity contribution in [3.63, 3.8) is 0 Å². The molecule has 0 saturated carbocycles. The van der Waals surface area contributed by atoms with E-state index in [1.807, 2.05) is 19.1 Å². The fourth-order valence-corrected chi connectivity index (χ4v) is 1.39. The van der Waals surface area contributed by atoms with Crippen LogP contribution in [0, 0.1) is 0 Å². The molecule has 0 aliphatic carbocycles. The summed E-state index contributed by atoms with van der Waals surface area (Å²) >= 11 is 0. The highest BCUT2D eigenvalue weighted by molar-refractivity contribution is 6.01. The average Bonchev–Trinajstić information content (AvgIpc) is 2.59. The Bertz CT molecular complexity index is 419. The predicted octanol–water partition coefficient (Wildman–Crippen LogP) is 2.61. The van der Waals surface area contributed by atoms with Gasteiger partial charge in [-0.15, -0.1) is 0 Å². The molecule has 1 N–H and O–H groups in total. The molecule has 0 fully saturated rings. The van der Waals surface area contributed by atoms with Gasteiger partial charge in [-0.3, -0.25) is 4.99 Å². The molecule has 1 aromatic heterocycles. The van der Waals surface area contributed by atoms with Gasteiger partial charge in [-0.2, -0.15) is 0 Å². The minimum Gasteiger partial charge on any atom is -0.354 e. The van der Waals surface area contributed by atoms with Gasteiger partial charge in [0.05, 0.1) is 11.4 Å². The minimum absolute atomic E-state index is 1.04. The lowest BCUT2D eigenvalue weighted by Gasteiger charge is -1.91. The number of benzene rings is 1. The molecule has 2 nitrogen and oxygen atoms in total. The lowest BCUT2D eigenvalue weighted by atomic mass is 10.2. The molecule has 0 atom stereocenters. The van der Waals surface area contributed by atoms with E-state index in [4.69, 9.17) is 0 Å². The first kappa shape index (κ1) is 8.05. The van der Waals surface area contributed by atoms with Crippen molar-refractivity contribution in [2.75, 3.05) is 7.05 Å². The number of aromatic nitrogens is 1. The first-order valence-electron chi connectivity index (χ1n) is 4.33. The van der Waals surface area contributed by atoms with Gasteiger partial charge < -0.3 is 4.98 Å². The molecule has 0 amide bonds. The largest absolute Gasteiger partial charge is 0.354 e. The number of fused-ring (bicyclic) bond motifs is 1. The first-order valence-corrected chi connectivity index (χ1v) is 4.33. The van der Waals surface area contributed by atoms with E-state index in [2.05, 4.69) is 28.2 Å². The molecular formula is C11H12N2. The molecule has 0 spiro atoms. The molecule has 0 radical (unpaired) electrons. The van der Waals surface area contributed by atoms with Crippen molar-refractivity contribution in [1.82, 2.24) is 4.98 Å². The second-order valence-corrected chi connectivity index (χ2v) is 3.08. The normalized spacial score (nSPS) is 12.3. The molecule has 0 unspecified atom stereocenters. The maximum atomic E-state index is 4.14. The maximum absolute atomic E-state index is 4.14. The SMILES string of the molecule is C/N=C(\C)c1cc2ccccc2[nH]1. The van der Waals surface area contributed by atoms with E-state index in [1.165, 1.54) is 10.9 Å². The van der Waals surface area contributed by atoms with Crippen LogP contribution in [0.1, 0.15) is 12.6 Å². The molecule has 2 rings (SSSR count). The molecular weight excluding hydrogens is 160 g/mol. The highest BCUT2D eigenvalue weighted by Crippen LogP contribution is 2.14. The van der Waals surface area contributed by atoms with Crippen molar-refractivity contribution in [3.8, 4) is 0 Å². The van der Waals surface area contributed by atoms with E-state index in [1.54, 1.807) is 7.05 Å². The van der Waals surface area contributed by atoms with Gasteiger partial charge >= 0.3 is 0 Å². The summed E-state index contributed by atoms with van der Waals surface area (Å²) in [6.45, 7) is 2.00. The third-order valence-corrected chi connectivity index (χ3v) is 2.26. The molecule has 2 heteroatoms. The van der Waals surface area contributed by atoms with Crippen molar-refractivity contribution >= 4 is 16.6 Å². The Kier molecular flexibility index (Phi) is 1.89. The van der Waals surface area contributed by atoms with Crippen molar-refractivity contribution in [1.29, 1.82) is 0 Å². The Morgan fingerprint density at radius 2 is 2.08 bits per heavy atom. The fraction of sp³-hybridized carbons (Fsp3) is 0.182. The zero-order valence-corrected chi connectivity index (χ0v) is 7.83. The number of para-hydroxylation sites is 1. The van der Waals surface area contributed by atoms with Crippen LogP contribution in [0.5, 0.6) is 0 Å². The second-order valence-electron chi connectivity index (χ2n) is 3.08. The Morgan fingerprint density at radius 1 is 1.31 bits per heavy atom.